The lowest BCUT2D eigenvalue weighted by Crippen LogP contribution is -2.41. The van der Waals surface area contributed by atoms with E-state index in [1.165, 1.54) is 38.6 Å². The normalized spacial score (nSPS) is 12.2. The largest absolute Gasteiger partial charge is 0.372 e. The van der Waals surface area contributed by atoms with Gasteiger partial charge in [0.15, 0.2) is 5.11 Å². The molecule has 0 aliphatic heterocycles. The van der Waals surface area contributed by atoms with Crippen molar-refractivity contribution in [3.05, 3.63) is 102 Å². The highest BCUT2D eigenvalue weighted by Crippen LogP contribution is 2.41. The average Bonchev–Trinajstić information content (AvgIpc) is 3.40. The summed E-state index contributed by atoms with van der Waals surface area (Å²) in [4.78, 5) is 17.6. The molecule has 4 aromatic carbocycles. The number of anilines is 3. The number of fused-ring (bicyclic) bond motifs is 3. The molecule has 0 bridgehead atoms. The van der Waals surface area contributed by atoms with E-state index in [-0.39, 0.29) is 11.8 Å². The Bertz CT molecular complexity index is 1890. The van der Waals surface area contributed by atoms with Gasteiger partial charge < -0.3 is 25.0 Å². The van der Waals surface area contributed by atoms with Crippen molar-refractivity contribution in [1.29, 1.82) is 0 Å². The van der Waals surface area contributed by atoms with Crippen LogP contribution in [0.15, 0.2) is 84.9 Å². The van der Waals surface area contributed by atoms with Gasteiger partial charge in [0.2, 0.25) is 5.91 Å². The number of amides is 1. The molecule has 1 heterocycles. The number of para-hydroxylation sites is 1. The van der Waals surface area contributed by atoms with Crippen LogP contribution in [-0.2, 0) is 11.3 Å². The lowest BCUT2D eigenvalue weighted by Gasteiger charge is -2.28. The molecular weight excluding hydrogens is 611 g/mol. The van der Waals surface area contributed by atoms with Gasteiger partial charge in [-0.1, -0.05) is 63.2 Å². The van der Waals surface area contributed by atoms with Gasteiger partial charge in [-0.3, -0.25) is 4.79 Å². The molecule has 5 rings (SSSR count). The van der Waals surface area contributed by atoms with E-state index in [1.54, 1.807) is 0 Å². The van der Waals surface area contributed by atoms with Gasteiger partial charge in [0.25, 0.3) is 0 Å². The minimum atomic E-state index is -0.570. The number of aromatic nitrogens is 1. The number of carbonyl (C=O) groups excluding carboxylic acids is 1. The van der Waals surface area contributed by atoms with Crippen LogP contribution < -0.4 is 20.4 Å². The van der Waals surface area contributed by atoms with E-state index in [9.17, 15) is 4.79 Å². The standard InChI is InChI=1S/C41H51N5OS/c1-9-44(10-2)30-21-18-28(19-22-30)38(29-20-25-37-34(26-29)32-16-14-15-17-36(32)46(37)13-5)33-24-23-31(45(11-3)12-4)27-35(33)42-40(48)43-39(47)41(6,7)8/h14-27,38H,9-13H2,1-8H3,(H2,42,43,47,48). The second kappa shape index (κ2) is 14.8. The molecule has 0 aliphatic carbocycles. The zero-order valence-corrected chi connectivity index (χ0v) is 30.7. The summed E-state index contributed by atoms with van der Waals surface area (Å²) in [7, 11) is 0. The molecule has 6 nitrogen and oxygen atoms in total. The first-order valence-electron chi connectivity index (χ1n) is 17.4. The van der Waals surface area contributed by atoms with Crippen molar-refractivity contribution in [3.63, 3.8) is 0 Å². The Morgan fingerprint density at radius 3 is 1.94 bits per heavy atom. The Hall–Kier alpha value is -4.36. The van der Waals surface area contributed by atoms with Gasteiger partial charge in [-0.15, -0.1) is 0 Å². The van der Waals surface area contributed by atoms with E-state index in [0.717, 1.165) is 49.7 Å². The Balaban J connectivity index is 1.72. The molecule has 0 saturated heterocycles. The lowest BCUT2D eigenvalue weighted by molar-refractivity contribution is -0.126. The van der Waals surface area contributed by atoms with Crippen molar-refractivity contribution in [3.8, 4) is 0 Å². The summed E-state index contributed by atoms with van der Waals surface area (Å²) in [6.45, 7) is 21.2. The number of carbonyl (C=O) groups is 1. The van der Waals surface area contributed by atoms with Crippen LogP contribution in [0.4, 0.5) is 17.1 Å². The van der Waals surface area contributed by atoms with E-state index < -0.39 is 5.41 Å². The van der Waals surface area contributed by atoms with Crippen LogP contribution in [-0.4, -0.2) is 41.8 Å². The van der Waals surface area contributed by atoms with Crippen molar-refractivity contribution < 1.29 is 4.79 Å². The Labute approximate surface area is 292 Å². The van der Waals surface area contributed by atoms with Crippen molar-refractivity contribution in [2.45, 2.75) is 67.9 Å². The van der Waals surface area contributed by atoms with Crippen LogP contribution in [0.5, 0.6) is 0 Å². The maximum atomic E-state index is 12.9. The number of nitrogens with zero attached hydrogens (tertiary/aromatic N) is 3. The highest BCUT2D eigenvalue weighted by molar-refractivity contribution is 7.80. The van der Waals surface area contributed by atoms with Crippen LogP contribution in [0.2, 0.25) is 0 Å². The molecule has 1 amide bonds. The summed E-state index contributed by atoms with van der Waals surface area (Å²) in [5, 5.41) is 9.20. The first-order chi connectivity index (χ1) is 23.0. The van der Waals surface area contributed by atoms with Gasteiger partial charge in [-0.2, -0.15) is 0 Å². The first-order valence-corrected chi connectivity index (χ1v) is 17.8. The first kappa shape index (κ1) is 35.0. The molecule has 2 N–H and O–H groups in total. The molecule has 0 radical (unpaired) electrons. The third kappa shape index (κ3) is 7.07. The Morgan fingerprint density at radius 2 is 1.31 bits per heavy atom. The van der Waals surface area contributed by atoms with Gasteiger partial charge in [0.1, 0.15) is 0 Å². The average molecular weight is 662 g/mol. The van der Waals surface area contributed by atoms with Gasteiger partial charge in [-0.25, -0.2) is 0 Å². The SMILES string of the molecule is CCN(CC)c1ccc(C(c2ccc3c(c2)c2ccccc2n3CC)c2ccc(N(CC)CC)cc2NC(=S)NC(=O)C(C)(C)C)cc1. The summed E-state index contributed by atoms with van der Waals surface area (Å²) in [6, 6.07) is 31.2. The third-order valence-electron chi connectivity index (χ3n) is 9.43. The van der Waals surface area contributed by atoms with E-state index in [1.807, 2.05) is 20.8 Å². The minimum Gasteiger partial charge on any atom is -0.372 e. The molecule has 0 fully saturated rings. The number of aryl methyl sites for hydroxylation is 1. The molecule has 5 aromatic rings. The highest BCUT2D eigenvalue weighted by atomic mass is 32.1. The highest BCUT2D eigenvalue weighted by Gasteiger charge is 2.25. The fourth-order valence-corrected chi connectivity index (χ4v) is 6.95. The van der Waals surface area contributed by atoms with Crippen LogP contribution in [0.3, 0.4) is 0 Å². The summed E-state index contributed by atoms with van der Waals surface area (Å²) in [6.07, 6.45) is 0. The summed E-state index contributed by atoms with van der Waals surface area (Å²) >= 11 is 5.77. The summed E-state index contributed by atoms with van der Waals surface area (Å²) < 4.78 is 2.39. The van der Waals surface area contributed by atoms with E-state index in [0.29, 0.717) is 5.11 Å². The second-order valence-corrected chi connectivity index (χ2v) is 13.7. The van der Waals surface area contributed by atoms with Gasteiger partial charge in [0, 0.05) is 82.9 Å². The Morgan fingerprint density at radius 1 is 0.729 bits per heavy atom. The number of hydrogen-bond donors (Lipinski definition) is 2. The zero-order valence-electron chi connectivity index (χ0n) is 29.9. The molecule has 0 saturated carbocycles. The molecule has 1 unspecified atom stereocenters. The maximum absolute atomic E-state index is 12.9. The van der Waals surface area contributed by atoms with Gasteiger partial charge in [0.05, 0.1) is 0 Å². The molecule has 1 aromatic heterocycles. The monoisotopic (exact) mass is 661 g/mol. The van der Waals surface area contributed by atoms with E-state index in [4.69, 9.17) is 12.2 Å². The number of thiocarbonyl (C=S) groups is 1. The van der Waals surface area contributed by atoms with Crippen LogP contribution >= 0.6 is 12.2 Å². The topological polar surface area (TPSA) is 52.5 Å². The summed E-state index contributed by atoms with van der Waals surface area (Å²) in [5.74, 6) is -0.221. The number of benzene rings is 4. The molecule has 0 spiro atoms. The molecule has 252 valence electrons. The quantitative estimate of drug-likeness (QED) is 0.109. The molecule has 1 atom stereocenters. The van der Waals surface area contributed by atoms with Crippen LogP contribution in [0, 0.1) is 5.41 Å². The predicted molar refractivity (Wildman–Crippen MR) is 210 cm³/mol. The van der Waals surface area contributed by atoms with Gasteiger partial charge >= 0.3 is 0 Å². The third-order valence-corrected chi connectivity index (χ3v) is 9.64. The minimum absolute atomic E-state index is 0.0988. The zero-order chi connectivity index (χ0) is 34.6. The van der Waals surface area contributed by atoms with Crippen molar-refractivity contribution >= 4 is 62.1 Å². The fourth-order valence-electron chi connectivity index (χ4n) is 6.74. The van der Waals surface area contributed by atoms with Crippen LogP contribution in [0.1, 0.15) is 78.0 Å². The van der Waals surface area contributed by atoms with Crippen LogP contribution in [0.25, 0.3) is 21.8 Å². The van der Waals surface area contributed by atoms with Crippen molar-refractivity contribution in [1.82, 2.24) is 9.88 Å². The molecule has 0 aliphatic rings. The molecular formula is C41H51N5OS. The van der Waals surface area contributed by atoms with Crippen molar-refractivity contribution in [2.75, 3.05) is 41.3 Å². The summed E-state index contributed by atoms with van der Waals surface area (Å²) in [5.41, 5.74) is 8.59. The number of hydrogen-bond acceptors (Lipinski definition) is 4. The number of nitrogens with one attached hydrogen (secondary N) is 2. The fraction of sp³-hybridized carbons (Fsp3) is 0.366. The molecule has 48 heavy (non-hydrogen) atoms. The van der Waals surface area contributed by atoms with Gasteiger partial charge in [-0.05, 0) is 106 Å². The smallest absolute Gasteiger partial charge is 0.231 e. The lowest BCUT2D eigenvalue weighted by atomic mass is 9.83. The predicted octanol–water partition coefficient (Wildman–Crippen LogP) is 9.55. The van der Waals surface area contributed by atoms with Crippen molar-refractivity contribution in [2.24, 2.45) is 5.41 Å². The van der Waals surface area contributed by atoms with E-state index in [2.05, 4.69) is 145 Å². The van der Waals surface area contributed by atoms with E-state index >= 15 is 0 Å². The number of rotatable bonds is 11. The Kier molecular flexibility index (Phi) is 10.8. The maximum Gasteiger partial charge on any atom is 0.231 e. The second-order valence-electron chi connectivity index (χ2n) is 13.3. The molecule has 7 heteroatoms.